The minimum Gasteiger partial charge on any atom is -0.598 e. The monoisotopic (exact) mass is 147 g/mol. The van der Waals surface area contributed by atoms with Crippen LogP contribution in [0, 0.1) is 0 Å². The van der Waals surface area contributed by atoms with Gasteiger partial charge >= 0.3 is 0 Å². The minimum absolute atomic E-state index is 0.194. The van der Waals surface area contributed by atoms with E-state index >= 15 is 0 Å². The Balaban J connectivity index is 2.24. The summed E-state index contributed by atoms with van der Waals surface area (Å²) >= 11 is -0.834. The van der Waals surface area contributed by atoms with E-state index in [9.17, 15) is 4.55 Å². The van der Waals surface area contributed by atoms with Crippen molar-refractivity contribution >= 4 is 11.4 Å². The molecule has 0 amide bonds. The second-order valence-electron chi connectivity index (χ2n) is 2.97. The van der Waals surface area contributed by atoms with Crippen molar-refractivity contribution in [3.63, 3.8) is 0 Å². The molecule has 0 heterocycles. The molecule has 1 fully saturated rings. The van der Waals surface area contributed by atoms with E-state index in [-0.39, 0.29) is 5.54 Å². The maximum atomic E-state index is 10.7. The Bertz CT molecular complexity index is 101. The van der Waals surface area contributed by atoms with Gasteiger partial charge in [-0.3, -0.25) is 0 Å². The third kappa shape index (κ3) is 1.85. The minimum atomic E-state index is -0.834. The summed E-state index contributed by atoms with van der Waals surface area (Å²) < 4.78 is 13.7. The van der Waals surface area contributed by atoms with Crippen LogP contribution in [0.1, 0.15) is 26.2 Å². The normalized spacial score (nSPS) is 27.0. The number of rotatable bonds is 2. The molecule has 0 bridgehead atoms. The molecule has 0 aromatic carbocycles. The lowest BCUT2D eigenvalue weighted by Crippen LogP contribution is -2.50. The third-order valence-electron chi connectivity index (χ3n) is 1.85. The van der Waals surface area contributed by atoms with E-state index in [1.165, 1.54) is 19.3 Å². The van der Waals surface area contributed by atoms with E-state index in [0.29, 0.717) is 0 Å². The molecule has 9 heavy (non-hydrogen) atoms. The molecule has 1 saturated carbocycles. The summed E-state index contributed by atoms with van der Waals surface area (Å²) in [6.45, 7) is 2.12. The molecule has 1 atom stereocenters. The molecule has 1 unspecified atom stereocenters. The maximum Gasteiger partial charge on any atom is 0.115 e. The standard InChI is InChI=1S/C6H13NOS/c1-6(4-3-5-6)7-9(2)8/h7H,3-5H2,1-2H3. The fourth-order valence-corrected chi connectivity index (χ4v) is 2.05. The van der Waals surface area contributed by atoms with Crippen LogP contribution in [-0.4, -0.2) is 16.3 Å². The topological polar surface area (TPSA) is 35.1 Å². The second kappa shape index (κ2) is 2.48. The number of nitrogens with one attached hydrogen (secondary N) is 1. The van der Waals surface area contributed by atoms with Gasteiger partial charge in [0.1, 0.15) is 6.26 Å². The summed E-state index contributed by atoms with van der Waals surface area (Å²) in [7, 11) is 0. The van der Waals surface area contributed by atoms with Crippen LogP contribution in [0.4, 0.5) is 0 Å². The summed E-state index contributed by atoms with van der Waals surface area (Å²) in [5.41, 5.74) is 0.194. The van der Waals surface area contributed by atoms with Gasteiger partial charge in [0.2, 0.25) is 0 Å². The van der Waals surface area contributed by atoms with Crippen molar-refractivity contribution in [1.29, 1.82) is 0 Å². The Kier molecular flexibility index (Phi) is 2.03. The Hall–Kier alpha value is 0.270. The van der Waals surface area contributed by atoms with Crippen LogP contribution in [0.5, 0.6) is 0 Å². The fourth-order valence-electron chi connectivity index (χ4n) is 1.16. The average Bonchev–Trinajstić information content (AvgIpc) is 1.60. The lowest BCUT2D eigenvalue weighted by molar-refractivity contribution is 0.248. The predicted octanol–water partition coefficient (Wildman–Crippen LogP) is 0.812. The van der Waals surface area contributed by atoms with Gasteiger partial charge in [0.25, 0.3) is 0 Å². The molecule has 0 aromatic heterocycles. The van der Waals surface area contributed by atoms with Crippen molar-refractivity contribution in [3.8, 4) is 0 Å². The van der Waals surface area contributed by atoms with Crippen molar-refractivity contribution in [2.45, 2.75) is 31.7 Å². The molecule has 2 nitrogen and oxygen atoms in total. The smallest absolute Gasteiger partial charge is 0.115 e. The fraction of sp³-hybridized carbons (Fsp3) is 1.00. The number of hydrogen-bond acceptors (Lipinski definition) is 2. The van der Waals surface area contributed by atoms with E-state index in [1.54, 1.807) is 6.26 Å². The molecule has 1 aliphatic rings. The quantitative estimate of drug-likeness (QED) is 0.587. The van der Waals surface area contributed by atoms with Crippen molar-refractivity contribution in [3.05, 3.63) is 0 Å². The first-order valence-corrected chi connectivity index (χ1v) is 4.79. The molecular formula is C6H13NOS. The highest BCUT2D eigenvalue weighted by atomic mass is 32.2. The van der Waals surface area contributed by atoms with Gasteiger partial charge in [-0.25, -0.2) is 0 Å². The molecule has 0 spiro atoms. The lowest BCUT2D eigenvalue weighted by Gasteiger charge is -2.37. The third-order valence-corrected chi connectivity index (χ3v) is 2.63. The molecule has 3 heteroatoms. The highest BCUT2D eigenvalue weighted by molar-refractivity contribution is 7.88. The Morgan fingerprint density at radius 2 is 2.11 bits per heavy atom. The molecule has 0 aliphatic heterocycles. The first-order chi connectivity index (χ1) is 4.12. The molecule has 1 N–H and O–H groups in total. The van der Waals surface area contributed by atoms with Crippen LogP contribution in [0.25, 0.3) is 0 Å². The van der Waals surface area contributed by atoms with E-state index < -0.39 is 11.4 Å². The zero-order valence-corrected chi connectivity index (χ0v) is 6.75. The summed E-state index contributed by atoms with van der Waals surface area (Å²) in [5, 5.41) is 0. The van der Waals surface area contributed by atoms with Gasteiger partial charge in [0.05, 0.1) is 5.54 Å². The van der Waals surface area contributed by atoms with Crippen molar-refractivity contribution in [2.24, 2.45) is 0 Å². The van der Waals surface area contributed by atoms with Crippen molar-refractivity contribution in [1.82, 2.24) is 4.72 Å². The summed E-state index contributed by atoms with van der Waals surface area (Å²) in [6, 6.07) is 0. The van der Waals surface area contributed by atoms with Crippen molar-refractivity contribution in [2.75, 3.05) is 6.26 Å². The molecule has 0 saturated heterocycles. The Morgan fingerprint density at radius 1 is 1.56 bits per heavy atom. The van der Waals surface area contributed by atoms with E-state index in [2.05, 4.69) is 11.6 Å². The summed E-state index contributed by atoms with van der Waals surface area (Å²) in [6.07, 6.45) is 5.31. The molecule has 1 rings (SSSR count). The van der Waals surface area contributed by atoms with Gasteiger partial charge in [-0.2, -0.15) is 0 Å². The molecule has 54 valence electrons. The average molecular weight is 147 g/mol. The number of hydrogen-bond donors (Lipinski definition) is 1. The Morgan fingerprint density at radius 3 is 2.22 bits per heavy atom. The summed E-state index contributed by atoms with van der Waals surface area (Å²) in [5.74, 6) is 0. The van der Waals surface area contributed by atoms with Gasteiger partial charge in [0.15, 0.2) is 0 Å². The van der Waals surface area contributed by atoms with Gasteiger partial charge < -0.3 is 4.55 Å². The predicted molar refractivity (Wildman–Crippen MR) is 39.5 cm³/mol. The van der Waals surface area contributed by atoms with Crippen LogP contribution < -0.4 is 4.72 Å². The highest BCUT2D eigenvalue weighted by Crippen LogP contribution is 2.31. The first-order valence-electron chi connectivity index (χ1n) is 3.24. The van der Waals surface area contributed by atoms with Crippen molar-refractivity contribution < 1.29 is 4.55 Å². The van der Waals surface area contributed by atoms with E-state index in [4.69, 9.17) is 0 Å². The molecular weight excluding hydrogens is 134 g/mol. The van der Waals surface area contributed by atoms with E-state index in [0.717, 1.165) is 0 Å². The van der Waals surface area contributed by atoms with Crippen LogP contribution in [0.15, 0.2) is 0 Å². The Labute approximate surface area is 59.3 Å². The van der Waals surface area contributed by atoms with Crippen LogP contribution in [0.2, 0.25) is 0 Å². The highest BCUT2D eigenvalue weighted by Gasteiger charge is 2.34. The SMILES string of the molecule is C[S+]([O-])NC1(C)CCC1. The van der Waals surface area contributed by atoms with Gasteiger partial charge in [0, 0.05) is 11.4 Å². The molecule has 0 radical (unpaired) electrons. The van der Waals surface area contributed by atoms with Gasteiger partial charge in [-0.15, -0.1) is 4.72 Å². The van der Waals surface area contributed by atoms with Crippen LogP contribution in [0.3, 0.4) is 0 Å². The van der Waals surface area contributed by atoms with Gasteiger partial charge in [-0.1, -0.05) is 0 Å². The van der Waals surface area contributed by atoms with Crippen LogP contribution in [-0.2, 0) is 11.4 Å². The zero-order chi connectivity index (χ0) is 6.91. The lowest BCUT2D eigenvalue weighted by atomic mass is 9.80. The maximum absolute atomic E-state index is 10.7. The first kappa shape index (κ1) is 7.38. The van der Waals surface area contributed by atoms with Gasteiger partial charge in [-0.05, 0) is 26.2 Å². The molecule has 1 aliphatic carbocycles. The summed E-state index contributed by atoms with van der Waals surface area (Å²) in [4.78, 5) is 0. The second-order valence-corrected chi connectivity index (χ2v) is 4.08. The molecule has 0 aromatic rings. The van der Waals surface area contributed by atoms with Crippen LogP contribution >= 0.6 is 0 Å². The van der Waals surface area contributed by atoms with E-state index in [1.807, 2.05) is 0 Å². The zero-order valence-electron chi connectivity index (χ0n) is 5.94. The largest absolute Gasteiger partial charge is 0.598 e.